The van der Waals surface area contributed by atoms with E-state index in [1.807, 2.05) is 49.5 Å². The van der Waals surface area contributed by atoms with Gasteiger partial charge in [-0.25, -0.2) is 19.5 Å². The first-order valence-corrected chi connectivity index (χ1v) is 11.2. The van der Waals surface area contributed by atoms with E-state index in [1.165, 1.54) is 11.3 Å². The predicted octanol–water partition coefficient (Wildman–Crippen LogP) is 3.10. The molecule has 4 rings (SSSR count). The van der Waals surface area contributed by atoms with E-state index in [0.29, 0.717) is 18.0 Å². The molecule has 0 radical (unpaired) electrons. The summed E-state index contributed by atoms with van der Waals surface area (Å²) in [4.78, 5) is 13.7. The molecule has 0 atom stereocenters. The Labute approximate surface area is 199 Å². The number of fused-ring (bicyclic) bond motifs is 1. The molecule has 0 aliphatic heterocycles. The molecule has 33 heavy (non-hydrogen) atoms. The fourth-order valence-corrected chi connectivity index (χ4v) is 4.68. The largest absolute Gasteiger partial charge is 0.382 e. The van der Waals surface area contributed by atoms with Crippen LogP contribution in [0.5, 0.6) is 0 Å². The molecule has 0 fully saturated rings. The van der Waals surface area contributed by atoms with Gasteiger partial charge in [-0.15, -0.1) is 11.3 Å². The number of rotatable bonds is 7. The van der Waals surface area contributed by atoms with E-state index in [-0.39, 0.29) is 11.8 Å². The Kier molecular flexibility index (Phi) is 6.38. The monoisotopic (exact) mass is 479 g/mol. The Balaban J connectivity index is 1.82. The number of halogens is 1. The van der Waals surface area contributed by atoms with Crippen LogP contribution in [0.15, 0.2) is 52.6 Å². The summed E-state index contributed by atoms with van der Waals surface area (Å²) in [6.07, 6.45) is 3.35. The zero-order valence-electron chi connectivity index (χ0n) is 17.8. The standard InChI is InChI=1S/C22H22ClN9S/c1-12-18(17-9-14(10-28-22(26)27)6-7-32(17)31-12)21-30-16(19(33-21)20(25)29-11-24)8-13-2-4-15(23)5-3-13/h2-7,9,11H,8,10H2,1H3,(H3,24,25,29)(H4,26,27,28). The Morgan fingerprint density at radius 2 is 1.94 bits per heavy atom. The lowest BCUT2D eigenvalue weighted by atomic mass is 10.1. The second kappa shape index (κ2) is 9.39. The first kappa shape index (κ1) is 22.4. The van der Waals surface area contributed by atoms with Crippen molar-refractivity contribution in [1.82, 2.24) is 14.6 Å². The molecule has 0 amide bonds. The number of nitrogens with zero attached hydrogens (tertiary/aromatic N) is 5. The molecule has 0 aliphatic carbocycles. The van der Waals surface area contributed by atoms with Crippen molar-refractivity contribution < 1.29 is 0 Å². The lowest BCUT2D eigenvalue weighted by Gasteiger charge is -2.02. The normalized spacial score (nSPS) is 11.6. The summed E-state index contributed by atoms with van der Waals surface area (Å²) in [7, 11) is 0. The Bertz CT molecular complexity index is 1380. The highest BCUT2D eigenvalue weighted by Crippen LogP contribution is 2.34. The van der Waals surface area contributed by atoms with Gasteiger partial charge in [0.15, 0.2) is 5.96 Å². The van der Waals surface area contributed by atoms with Crippen LogP contribution in [0.4, 0.5) is 0 Å². The quantitative estimate of drug-likeness (QED) is 0.236. The number of aromatic nitrogens is 3. The molecule has 3 aromatic heterocycles. The Morgan fingerprint density at radius 1 is 1.18 bits per heavy atom. The summed E-state index contributed by atoms with van der Waals surface area (Å²) in [5.74, 6) is 0.289. The molecular formula is C22H22ClN9S. The van der Waals surface area contributed by atoms with Gasteiger partial charge in [0, 0.05) is 17.6 Å². The highest BCUT2D eigenvalue weighted by molar-refractivity contribution is 7.17. The maximum absolute atomic E-state index is 7.31. The van der Waals surface area contributed by atoms with Crippen molar-refractivity contribution in [3.8, 4) is 10.6 Å². The molecule has 11 heteroatoms. The van der Waals surface area contributed by atoms with Gasteiger partial charge in [0.25, 0.3) is 0 Å². The first-order valence-electron chi connectivity index (χ1n) is 9.96. The topological polar surface area (TPSA) is 157 Å². The number of benzene rings is 1. The number of amidine groups is 1. The van der Waals surface area contributed by atoms with Gasteiger partial charge in [-0.2, -0.15) is 5.10 Å². The minimum absolute atomic E-state index is 0.0390. The highest BCUT2D eigenvalue weighted by atomic mass is 35.5. The van der Waals surface area contributed by atoms with Crippen molar-refractivity contribution in [3.05, 3.63) is 75.0 Å². The maximum Gasteiger partial charge on any atom is 0.186 e. The van der Waals surface area contributed by atoms with Crippen LogP contribution < -0.4 is 17.2 Å². The molecule has 0 aliphatic rings. The fraction of sp³-hybridized carbons (Fsp3) is 0.136. The van der Waals surface area contributed by atoms with Gasteiger partial charge in [-0.05, 0) is 42.3 Å². The van der Waals surface area contributed by atoms with Crippen LogP contribution in [-0.2, 0) is 13.0 Å². The fourth-order valence-electron chi connectivity index (χ4n) is 3.45. The summed E-state index contributed by atoms with van der Waals surface area (Å²) < 4.78 is 1.80. The van der Waals surface area contributed by atoms with E-state index in [1.54, 1.807) is 4.52 Å². The van der Waals surface area contributed by atoms with Crippen LogP contribution in [0, 0.1) is 12.3 Å². The van der Waals surface area contributed by atoms with E-state index in [9.17, 15) is 0 Å². The van der Waals surface area contributed by atoms with Crippen LogP contribution in [-0.4, -0.2) is 32.7 Å². The van der Waals surface area contributed by atoms with E-state index in [2.05, 4.69) is 15.1 Å². The Morgan fingerprint density at radius 3 is 2.64 bits per heavy atom. The molecule has 0 spiro atoms. The smallest absolute Gasteiger partial charge is 0.186 e. The summed E-state index contributed by atoms with van der Waals surface area (Å²) >= 11 is 7.45. The molecule has 168 valence electrons. The molecule has 0 bridgehead atoms. The number of aryl methyl sites for hydroxylation is 1. The van der Waals surface area contributed by atoms with E-state index in [4.69, 9.17) is 39.2 Å². The van der Waals surface area contributed by atoms with Crippen LogP contribution in [0.3, 0.4) is 0 Å². The number of pyridine rings is 1. The number of aliphatic imine (C=N–C) groups is 2. The van der Waals surface area contributed by atoms with Crippen molar-refractivity contribution in [3.63, 3.8) is 0 Å². The van der Waals surface area contributed by atoms with Gasteiger partial charge < -0.3 is 17.2 Å². The van der Waals surface area contributed by atoms with E-state index < -0.39 is 0 Å². The maximum atomic E-state index is 7.31. The third-order valence-corrected chi connectivity index (χ3v) is 6.34. The zero-order valence-corrected chi connectivity index (χ0v) is 19.4. The highest BCUT2D eigenvalue weighted by Gasteiger charge is 2.21. The summed E-state index contributed by atoms with van der Waals surface area (Å²) in [5.41, 5.74) is 22.5. The van der Waals surface area contributed by atoms with Crippen LogP contribution >= 0.6 is 22.9 Å². The second-order valence-electron chi connectivity index (χ2n) is 7.31. The molecule has 9 nitrogen and oxygen atoms in total. The number of thiazole rings is 1. The molecule has 0 unspecified atom stereocenters. The van der Waals surface area contributed by atoms with Crippen molar-refractivity contribution in [2.75, 3.05) is 0 Å². The number of guanidine groups is 1. The van der Waals surface area contributed by atoms with Gasteiger partial charge in [0.05, 0.1) is 33.9 Å². The molecule has 4 aromatic rings. The number of nitrogens with two attached hydrogens (primary N) is 3. The summed E-state index contributed by atoms with van der Waals surface area (Å²) in [6, 6.07) is 11.5. The van der Waals surface area contributed by atoms with E-state index >= 15 is 0 Å². The zero-order chi connectivity index (χ0) is 23.5. The van der Waals surface area contributed by atoms with Crippen molar-refractivity contribution in [1.29, 1.82) is 5.41 Å². The van der Waals surface area contributed by atoms with Gasteiger partial charge in [0.2, 0.25) is 0 Å². The van der Waals surface area contributed by atoms with E-state index in [0.717, 1.165) is 49.8 Å². The van der Waals surface area contributed by atoms with Gasteiger partial charge in [-0.3, -0.25) is 5.41 Å². The molecule has 7 N–H and O–H groups in total. The van der Waals surface area contributed by atoms with Crippen molar-refractivity contribution >= 4 is 46.6 Å². The molecule has 3 heterocycles. The van der Waals surface area contributed by atoms with Gasteiger partial charge in [0.1, 0.15) is 17.2 Å². The average molecular weight is 480 g/mol. The van der Waals surface area contributed by atoms with Crippen molar-refractivity contribution in [2.24, 2.45) is 27.2 Å². The predicted molar refractivity (Wildman–Crippen MR) is 134 cm³/mol. The lowest BCUT2D eigenvalue weighted by molar-refractivity contribution is 0.924. The number of hydrogen-bond donors (Lipinski definition) is 4. The molecule has 0 saturated carbocycles. The van der Waals surface area contributed by atoms with Gasteiger partial charge in [-0.1, -0.05) is 23.7 Å². The molecular weight excluding hydrogens is 458 g/mol. The van der Waals surface area contributed by atoms with Crippen molar-refractivity contribution in [2.45, 2.75) is 19.9 Å². The SMILES string of the molecule is Cc1nn2ccc(CN=C(N)N)cc2c1-c1nc(Cc2ccc(Cl)cc2)c(C(N)=NC=N)s1. The minimum atomic E-state index is 0.0390. The third kappa shape index (κ3) is 4.86. The average Bonchev–Trinajstić information content (AvgIpc) is 3.33. The third-order valence-electron chi connectivity index (χ3n) is 4.95. The Hall–Kier alpha value is -3.76. The second-order valence-corrected chi connectivity index (χ2v) is 8.74. The first-order chi connectivity index (χ1) is 15.9. The summed E-state index contributed by atoms with van der Waals surface area (Å²) in [5, 5.41) is 13.4. The van der Waals surface area contributed by atoms with Crippen LogP contribution in [0.1, 0.15) is 27.4 Å². The van der Waals surface area contributed by atoms with Crippen LogP contribution in [0.25, 0.3) is 16.1 Å². The lowest BCUT2D eigenvalue weighted by Crippen LogP contribution is -2.22. The van der Waals surface area contributed by atoms with Gasteiger partial charge >= 0.3 is 0 Å². The number of hydrogen-bond acceptors (Lipinski definition) is 5. The summed E-state index contributed by atoms with van der Waals surface area (Å²) in [6.45, 7) is 2.30. The molecule has 1 aromatic carbocycles. The minimum Gasteiger partial charge on any atom is -0.382 e. The molecule has 0 saturated heterocycles. The van der Waals surface area contributed by atoms with Crippen LogP contribution in [0.2, 0.25) is 5.02 Å². The number of nitrogens with one attached hydrogen (secondary N) is 1.